The van der Waals surface area contributed by atoms with E-state index in [1.807, 2.05) is 35.2 Å². The van der Waals surface area contributed by atoms with E-state index < -0.39 is 0 Å². The van der Waals surface area contributed by atoms with Gasteiger partial charge in [0.25, 0.3) is 5.91 Å². The molecule has 1 aromatic carbocycles. The molecular formula is C20H22N6O2. The number of benzene rings is 1. The number of likely N-dealkylation sites (tertiary alicyclic amines) is 1. The predicted molar refractivity (Wildman–Crippen MR) is 102 cm³/mol. The maximum absolute atomic E-state index is 12.8. The van der Waals surface area contributed by atoms with Crippen molar-refractivity contribution < 1.29 is 9.32 Å². The lowest BCUT2D eigenvalue weighted by molar-refractivity contribution is 0.0699. The highest BCUT2D eigenvalue weighted by molar-refractivity contribution is 5.93. The molecule has 1 amide bonds. The third kappa shape index (κ3) is 3.09. The van der Waals surface area contributed by atoms with Crippen LogP contribution in [-0.2, 0) is 13.1 Å². The Morgan fingerprint density at radius 3 is 2.75 bits per heavy atom. The van der Waals surface area contributed by atoms with Crippen LogP contribution in [0.15, 0.2) is 40.9 Å². The molecule has 2 aliphatic heterocycles. The Balaban J connectivity index is 1.25. The van der Waals surface area contributed by atoms with Gasteiger partial charge in [-0.25, -0.2) is 0 Å². The van der Waals surface area contributed by atoms with Crippen LogP contribution in [-0.4, -0.2) is 50.4 Å². The van der Waals surface area contributed by atoms with Gasteiger partial charge in [0.05, 0.1) is 6.54 Å². The van der Waals surface area contributed by atoms with Crippen LogP contribution in [0.25, 0.3) is 11.3 Å². The van der Waals surface area contributed by atoms with Gasteiger partial charge in [0.2, 0.25) is 0 Å². The van der Waals surface area contributed by atoms with Crippen LogP contribution >= 0.6 is 0 Å². The summed E-state index contributed by atoms with van der Waals surface area (Å²) in [6, 6.07) is 11.4. The first-order valence-corrected chi connectivity index (χ1v) is 9.74. The molecule has 28 heavy (non-hydrogen) atoms. The number of carbonyl (C=O) groups is 1. The Morgan fingerprint density at radius 2 is 1.93 bits per heavy atom. The quantitative estimate of drug-likeness (QED) is 0.750. The van der Waals surface area contributed by atoms with Crippen LogP contribution in [0.1, 0.15) is 40.9 Å². The van der Waals surface area contributed by atoms with Gasteiger partial charge in [-0.1, -0.05) is 35.5 Å². The highest BCUT2D eigenvalue weighted by atomic mass is 16.5. The van der Waals surface area contributed by atoms with E-state index in [9.17, 15) is 4.79 Å². The molecule has 4 heterocycles. The Labute approximate surface area is 162 Å². The fourth-order valence-corrected chi connectivity index (χ4v) is 4.03. The van der Waals surface area contributed by atoms with Crippen LogP contribution < -0.4 is 5.32 Å². The van der Waals surface area contributed by atoms with Gasteiger partial charge in [-0.3, -0.25) is 4.79 Å². The summed E-state index contributed by atoms with van der Waals surface area (Å²) in [5.41, 5.74) is 1.28. The van der Waals surface area contributed by atoms with Gasteiger partial charge >= 0.3 is 0 Å². The second-order valence-corrected chi connectivity index (χ2v) is 7.31. The molecule has 5 rings (SSSR count). The van der Waals surface area contributed by atoms with Crippen molar-refractivity contribution >= 4 is 5.91 Å². The van der Waals surface area contributed by atoms with Crippen LogP contribution in [0.4, 0.5) is 0 Å². The van der Waals surface area contributed by atoms with Crippen molar-refractivity contribution in [3.63, 3.8) is 0 Å². The van der Waals surface area contributed by atoms with Crippen molar-refractivity contribution in [2.75, 3.05) is 19.6 Å². The van der Waals surface area contributed by atoms with Crippen molar-refractivity contribution in [3.05, 3.63) is 53.7 Å². The zero-order valence-electron chi connectivity index (χ0n) is 15.5. The van der Waals surface area contributed by atoms with Gasteiger partial charge < -0.3 is 19.3 Å². The van der Waals surface area contributed by atoms with E-state index in [4.69, 9.17) is 4.52 Å². The largest absolute Gasteiger partial charge is 0.355 e. The summed E-state index contributed by atoms with van der Waals surface area (Å²) in [5, 5.41) is 16.1. The Morgan fingerprint density at radius 1 is 1.11 bits per heavy atom. The van der Waals surface area contributed by atoms with Crippen molar-refractivity contribution in [2.45, 2.75) is 31.8 Å². The fourth-order valence-electron chi connectivity index (χ4n) is 4.03. The number of hydrogen-bond acceptors (Lipinski definition) is 6. The van der Waals surface area contributed by atoms with Crippen LogP contribution in [0.2, 0.25) is 0 Å². The first-order chi connectivity index (χ1) is 13.8. The zero-order valence-corrected chi connectivity index (χ0v) is 15.5. The number of hydrogen-bond donors (Lipinski definition) is 1. The highest BCUT2D eigenvalue weighted by Crippen LogP contribution is 2.29. The Hall–Kier alpha value is -3.00. The molecule has 0 radical (unpaired) electrons. The van der Waals surface area contributed by atoms with Gasteiger partial charge in [-0.05, 0) is 12.8 Å². The lowest BCUT2D eigenvalue weighted by atomic mass is 9.95. The second kappa shape index (κ2) is 7.20. The van der Waals surface area contributed by atoms with Gasteiger partial charge in [0, 0.05) is 43.7 Å². The molecule has 2 aliphatic rings. The Bertz CT molecular complexity index is 972. The first kappa shape index (κ1) is 17.1. The molecule has 0 atom stereocenters. The van der Waals surface area contributed by atoms with Crippen LogP contribution in [0, 0.1) is 0 Å². The average Bonchev–Trinajstić information content (AvgIpc) is 3.42. The lowest BCUT2D eigenvalue weighted by Gasteiger charge is -2.31. The molecule has 8 nitrogen and oxygen atoms in total. The van der Waals surface area contributed by atoms with Gasteiger partial charge in [-0.2, -0.15) is 0 Å². The van der Waals surface area contributed by atoms with Crippen molar-refractivity contribution in [1.29, 1.82) is 0 Å². The fraction of sp³-hybridized carbons (Fsp3) is 0.400. The van der Waals surface area contributed by atoms with E-state index in [2.05, 4.69) is 25.2 Å². The minimum Gasteiger partial charge on any atom is -0.355 e. The summed E-state index contributed by atoms with van der Waals surface area (Å²) in [7, 11) is 0. The SMILES string of the molecule is O=C(c1cc(-c2ccccc2)on1)N1CCC(c2nnc3n2CCNC3)CC1. The summed E-state index contributed by atoms with van der Waals surface area (Å²) >= 11 is 0. The van der Waals surface area contributed by atoms with Gasteiger partial charge in [-0.15, -0.1) is 10.2 Å². The minimum absolute atomic E-state index is 0.0724. The monoisotopic (exact) mass is 378 g/mol. The van der Waals surface area contributed by atoms with E-state index in [1.165, 1.54) is 0 Å². The summed E-state index contributed by atoms with van der Waals surface area (Å²) in [6.45, 7) is 4.03. The minimum atomic E-state index is -0.0724. The van der Waals surface area contributed by atoms with Crippen molar-refractivity contribution in [1.82, 2.24) is 30.1 Å². The Kier molecular flexibility index (Phi) is 4.40. The molecule has 0 aliphatic carbocycles. The summed E-state index contributed by atoms with van der Waals surface area (Å²) < 4.78 is 7.62. The number of piperidine rings is 1. The van der Waals surface area contributed by atoms with E-state index in [0.29, 0.717) is 30.5 Å². The summed E-state index contributed by atoms with van der Waals surface area (Å²) in [5.74, 6) is 2.96. The molecule has 1 saturated heterocycles. The topological polar surface area (TPSA) is 89.1 Å². The standard InChI is InChI=1S/C20H22N6O2/c27-20(16-12-17(28-24-16)14-4-2-1-3-5-14)25-9-6-15(7-10-25)19-23-22-18-13-21-8-11-26(18)19/h1-5,12,15,21H,6-11,13H2. The van der Waals surface area contributed by atoms with Crippen LogP contribution in [0.3, 0.4) is 0 Å². The number of amides is 1. The van der Waals surface area contributed by atoms with Crippen molar-refractivity contribution in [3.8, 4) is 11.3 Å². The molecule has 0 saturated carbocycles. The average molecular weight is 378 g/mol. The molecule has 0 bridgehead atoms. The summed E-state index contributed by atoms with van der Waals surface area (Å²) in [6.07, 6.45) is 1.78. The molecule has 0 unspecified atom stereocenters. The number of nitrogens with zero attached hydrogens (tertiary/aromatic N) is 5. The number of fused-ring (bicyclic) bond motifs is 1. The summed E-state index contributed by atoms with van der Waals surface area (Å²) in [4.78, 5) is 14.7. The first-order valence-electron chi connectivity index (χ1n) is 9.74. The maximum atomic E-state index is 12.8. The molecule has 0 spiro atoms. The number of nitrogens with one attached hydrogen (secondary N) is 1. The highest BCUT2D eigenvalue weighted by Gasteiger charge is 2.30. The van der Waals surface area contributed by atoms with E-state index in [-0.39, 0.29) is 5.91 Å². The van der Waals surface area contributed by atoms with Gasteiger partial charge in [0.15, 0.2) is 11.5 Å². The molecule has 1 N–H and O–H groups in total. The molecule has 2 aromatic heterocycles. The predicted octanol–water partition coefficient (Wildman–Crippen LogP) is 2.06. The van der Waals surface area contributed by atoms with Gasteiger partial charge in [0.1, 0.15) is 11.6 Å². The van der Waals surface area contributed by atoms with E-state index in [0.717, 1.165) is 49.7 Å². The normalized spacial score (nSPS) is 17.5. The maximum Gasteiger partial charge on any atom is 0.276 e. The lowest BCUT2D eigenvalue weighted by Crippen LogP contribution is -2.39. The second-order valence-electron chi connectivity index (χ2n) is 7.31. The van der Waals surface area contributed by atoms with Crippen LogP contribution in [0.5, 0.6) is 0 Å². The number of aromatic nitrogens is 4. The molecule has 1 fully saturated rings. The zero-order chi connectivity index (χ0) is 18.9. The number of carbonyl (C=O) groups excluding carboxylic acids is 1. The molecule has 8 heteroatoms. The number of rotatable bonds is 3. The third-order valence-corrected chi connectivity index (χ3v) is 5.59. The van der Waals surface area contributed by atoms with E-state index in [1.54, 1.807) is 6.07 Å². The smallest absolute Gasteiger partial charge is 0.276 e. The van der Waals surface area contributed by atoms with Crippen molar-refractivity contribution in [2.24, 2.45) is 0 Å². The third-order valence-electron chi connectivity index (χ3n) is 5.59. The molecule has 3 aromatic rings. The molecule has 144 valence electrons. The molecular weight excluding hydrogens is 356 g/mol. The van der Waals surface area contributed by atoms with E-state index >= 15 is 0 Å².